The third kappa shape index (κ3) is 6.23. The average molecular weight is 815 g/mol. The van der Waals surface area contributed by atoms with Gasteiger partial charge in [-0.25, -0.2) is 8.42 Å². The molecule has 0 aromatic carbocycles. The number of carbonyl (C=O) groups is 3. The summed E-state index contributed by atoms with van der Waals surface area (Å²) >= 11 is 0. The molecule has 0 amide bonds. The van der Waals surface area contributed by atoms with E-state index in [-0.39, 0.29) is 62.7 Å². The van der Waals surface area contributed by atoms with E-state index in [0.29, 0.717) is 61.1 Å². The lowest BCUT2D eigenvalue weighted by atomic mass is 9.32. The number of nitrogens with one attached hydrogen (secondary N) is 1. The van der Waals surface area contributed by atoms with E-state index in [0.717, 1.165) is 32.1 Å². The molecular weight excluding hydrogens is 741 g/mol. The van der Waals surface area contributed by atoms with Gasteiger partial charge in [-0.15, -0.1) is 0 Å². The van der Waals surface area contributed by atoms with Gasteiger partial charge >= 0.3 is 17.9 Å². The SMILES string of the molecule is COC(=O)[C@@H](CN[C@]12CC[C@@H](C3(C)CC3)C1[C@H]1CC[C@@H]3[C@@]4(C)CC[C@H](OC(=O)[C@H]5C[C@@H](C(=O)O)C5(C)C)C(C)(C)C4CC[C@@]3(C)[C@]1(C)CC2)N1CCS(=O)(=O)CC1. The molecule has 57 heavy (non-hydrogen) atoms. The highest BCUT2D eigenvalue weighted by Gasteiger charge is 2.72. The van der Waals surface area contributed by atoms with Gasteiger partial charge in [0.2, 0.25) is 0 Å². The predicted octanol–water partition coefficient (Wildman–Crippen LogP) is 7.14. The molecule has 1 heterocycles. The first-order valence-electron chi connectivity index (χ1n) is 22.7. The second-order valence-electron chi connectivity index (χ2n) is 23.0. The Morgan fingerprint density at radius 1 is 0.754 bits per heavy atom. The molecule has 10 nitrogen and oxygen atoms in total. The van der Waals surface area contributed by atoms with Gasteiger partial charge in [-0.05, 0) is 140 Å². The Balaban J connectivity index is 1.03. The van der Waals surface area contributed by atoms with Crippen LogP contribution >= 0.6 is 0 Å². The Bertz CT molecular complexity index is 1740. The molecule has 8 fully saturated rings. The zero-order valence-corrected chi connectivity index (χ0v) is 37.4. The van der Waals surface area contributed by atoms with Crippen molar-refractivity contribution in [3.05, 3.63) is 0 Å². The molecule has 2 unspecified atom stereocenters. The summed E-state index contributed by atoms with van der Waals surface area (Å²) in [5, 5.41) is 13.8. The van der Waals surface area contributed by atoms with Crippen LogP contribution in [0.2, 0.25) is 0 Å². The second-order valence-corrected chi connectivity index (χ2v) is 25.3. The third-order valence-electron chi connectivity index (χ3n) is 20.4. The number of hydrogen-bond donors (Lipinski definition) is 2. The Morgan fingerprint density at radius 3 is 2.05 bits per heavy atom. The first-order chi connectivity index (χ1) is 26.5. The maximum atomic E-state index is 13.7. The number of esters is 2. The highest BCUT2D eigenvalue weighted by molar-refractivity contribution is 7.91. The van der Waals surface area contributed by atoms with Crippen LogP contribution in [0.3, 0.4) is 0 Å². The molecule has 1 aliphatic heterocycles. The Hall–Kier alpha value is -1.72. The van der Waals surface area contributed by atoms with Gasteiger partial charge < -0.3 is 19.9 Å². The van der Waals surface area contributed by atoms with Gasteiger partial charge in [-0.3, -0.25) is 19.3 Å². The molecule has 0 aromatic rings. The van der Waals surface area contributed by atoms with Crippen LogP contribution in [-0.4, -0.2) is 92.3 Å². The van der Waals surface area contributed by atoms with Crippen molar-refractivity contribution in [2.45, 2.75) is 157 Å². The molecule has 13 atom stereocenters. The number of carbonyl (C=O) groups excluding carboxylic acids is 2. The average Bonchev–Trinajstić information content (AvgIpc) is 3.75. The number of carboxylic acid groups (broad SMARTS) is 1. The van der Waals surface area contributed by atoms with Gasteiger partial charge in [-0.1, -0.05) is 55.4 Å². The quantitative estimate of drug-likeness (QED) is 0.231. The van der Waals surface area contributed by atoms with Crippen molar-refractivity contribution >= 4 is 27.7 Å². The van der Waals surface area contributed by atoms with Crippen LogP contribution in [-0.2, 0) is 33.7 Å². The largest absolute Gasteiger partial charge is 0.481 e. The molecule has 7 aliphatic carbocycles. The topological polar surface area (TPSA) is 139 Å². The van der Waals surface area contributed by atoms with Gasteiger partial charge in [0.05, 0.1) is 30.5 Å². The number of ether oxygens (including phenoxy) is 2. The predicted molar refractivity (Wildman–Crippen MR) is 219 cm³/mol. The number of aliphatic carboxylic acids is 1. The smallest absolute Gasteiger partial charge is 0.324 e. The van der Waals surface area contributed by atoms with E-state index in [1.165, 1.54) is 52.1 Å². The summed E-state index contributed by atoms with van der Waals surface area (Å²) in [7, 11) is -1.62. The maximum absolute atomic E-state index is 13.7. The number of sulfone groups is 1. The zero-order valence-electron chi connectivity index (χ0n) is 36.6. The molecule has 7 saturated carbocycles. The number of carboxylic acids is 1. The van der Waals surface area contributed by atoms with Crippen LogP contribution in [0.25, 0.3) is 0 Å². The minimum absolute atomic E-state index is 0.0394. The summed E-state index contributed by atoms with van der Waals surface area (Å²) in [5.74, 6) is 0.812. The zero-order chi connectivity index (χ0) is 41.4. The van der Waals surface area contributed by atoms with Crippen LogP contribution in [0.5, 0.6) is 0 Å². The first kappa shape index (κ1) is 42.0. The minimum atomic E-state index is -3.07. The standard InChI is InChI=1S/C46H74N2O8S/c1-40(2)30(37(49)50)26-31(40)38(51)56-35-14-15-43(6)33(41(35,3)4)13-16-45(8)34(43)11-10-29-36-28(42(5)18-19-42)12-17-46(36,21-20-44(29,45)7)47-27-32(39(52)55-9)48-22-24-57(53,54)25-23-48/h28-36,47H,10-27H2,1-9H3,(H,49,50)/t28-,29-,30+,31-,32-,33?,34-,35+,36?,43+,44-,45-,46+/m1/s1. The Kier molecular flexibility index (Phi) is 10.0. The van der Waals surface area contributed by atoms with Crippen molar-refractivity contribution < 1.29 is 37.4 Å². The Morgan fingerprint density at radius 2 is 1.44 bits per heavy atom. The summed E-state index contributed by atoms with van der Waals surface area (Å²) in [4.78, 5) is 40.8. The van der Waals surface area contributed by atoms with E-state index in [1.54, 1.807) is 0 Å². The molecule has 8 rings (SSSR count). The molecule has 1 saturated heterocycles. The highest BCUT2D eigenvalue weighted by Crippen LogP contribution is 2.78. The maximum Gasteiger partial charge on any atom is 0.324 e. The van der Waals surface area contributed by atoms with Crippen LogP contribution in [0.4, 0.5) is 0 Å². The van der Waals surface area contributed by atoms with Crippen LogP contribution in [0.1, 0.15) is 139 Å². The van der Waals surface area contributed by atoms with Gasteiger partial charge in [-0.2, -0.15) is 0 Å². The lowest BCUT2D eigenvalue weighted by molar-refractivity contribution is -0.250. The van der Waals surface area contributed by atoms with Gasteiger partial charge in [0.15, 0.2) is 9.84 Å². The van der Waals surface area contributed by atoms with Crippen molar-refractivity contribution in [1.82, 2.24) is 10.2 Å². The molecule has 11 heteroatoms. The number of rotatable bonds is 9. The summed E-state index contributed by atoms with van der Waals surface area (Å²) in [6, 6.07) is -0.493. The van der Waals surface area contributed by atoms with Crippen LogP contribution < -0.4 is 5.32 Å². The molecule has 0 aromatic heterocycles. The van der Waals surface area contributed by atoms with Crippen molar-refractivity contribution in [2.75, 3.05) is 38.2 Å². The normalized spacial score (nSPS) is 46.8. The number of hydrogen-bond acceptors (Lipinski definition) is 9. The fourth-order valence-corrected chi connectivity index (χ4v) is 17.5. The monoisotopic (exact) mass is 815 g/mol. The van der Waals surface area contributed by atoms with Crippen molar-refractivity contribution in [2.24, 2.45) is 73.9 Å². The van der Waals surface area contributed by atoms with E-state index in [4.69, 9.17) is 9.47 Å². The van der Waals surface area contributed by atoms with Crippen molar-refractivity contribution in [3.8, 4) is 0 Å². The van der Waals surface area contributed by atoms with Gasteiger partial charge in [0, 0.05) is 30.6 Å². The van der Waals surface area contributed by atoms with Crippen LogP contribution in [0.15, 0.2) is 0 Å². The third-order valence-corrected chi connectivity index (χ3v) is 22.0. The van der Waals surface area contributed by atoms with Crippen LogP contribution in [0, 0.1) is 73.9 Å². The summed E-state index contributed by atoms with van der Waals surface area (Å²) in [6.45, 7) is 20.2. The van der Waals surface area contributed by atoms with Gasteiger partial charge in [0.25, 0.3) is 0 Å². The fraction of sp³-hybridized carbons (Fsp3) is 0.935. The van der Waals surface area contributed by atoms with E-state index in [9.17, 15) is 27.9 Å². The lowest BCUT2D eigenvalue weighted by Crippen LogP contribution is -2.69. The number of fused-ring (bicyclic) bond motifs is 7. The molecule has 0 radical (unpaired) electrons. The Labute approximate surface area is 343 Å². The molecular formula is C46H74N2O8S. The molecule has 8 aliphatic rings. The second kappa shape index (κ2) is 13.6. The number of methoxy groups -OCH3 is 1. The fourth-order valence-electron chi connectivity index (χ4n) is 16.2. The van der Waals surface area contributed by atoms with E-state index in [2.05, 4.69) is 46.9 Å². The lowest BCUT2D eigenvalue weighted by Gasteiger charge is -2.73. The van der Waals surface area contributed by atoms with Crippen molar-refractivity contribution in [3.63, 3.8) is 0 Å². The first-order valence-corrected chi connectivity index (χ1v) is 24.5. The minimum Gasteiger partial charge on any atom is -0.481 e. The van der Waals surface area contributed by atoms with Crippen molar-refractivity contribution in [1.29, 1.82) is 0 Å². The summed E-state index contributed by atoms with van der Waals surface area (Å²) < 4.78 is 36.4. The van der Waals surface area contributed by atoms with Gasteiger partial charge in [0.1, 0.15) is 12.1 Å². The highest BCUT2D eigenvalue weighted by atomic mass is 32.2. The summed E-state index contributed by atoms with van der Waals surface area (Å²) in [6.07, 6.45) is 14.1. The molecule has 2 N–H and O–H groups in total. The molecule has 0 spiro atoms. The number of nitrogens with zero attached hydrogens (tertiary/aromatic N) is 1. The van der Waals surface area contributed by atoms with E-state index in [1.807, 2.05) is 18.7 Å². The van der Waals surface area contributed by atoms with E-state index < -0.39 is 33.2 Å². The van der Waals surface area contributed by atoms with E-state index >= 15 is 0 Å². The summed E-state index contributed by atoms with van der Waals surface area (Å²) in [5.41, 5.74) is 0.0701. The molecule has 0 bridgehead atoms. The molecule has 322 valence electrons.